The molecule has 0 unspecified atom stereocenters. The summed E-state index contributed by atoms with van der Waals surface area (Å²) < 4.78 is 0. The minimum absolute atomic E-state index is 0.197. The molecule has 3 atom stereocenters. The molecule has 1 amide bonds. The van der Waals surface area contributed by atoms with E-state index in [1.165, 1.54) is 6.42 Å². The molecule has 0 spiro atoms. The molecule has 1 N–H and O–H groups in total. The molecule has 1 saturated carbocycles. The zero-order valence-corrected chi connectivity index (χ0v) is 10.5. The molecule has 1 aliphatic heterocycles. The number of amides is 1. The lowest BCUT2D eigenvalue weighted by Gasteiger charge is -2.21. The first-order valence-corrected chi connectivity index (χ1v) is 6.52. The summed E-state index contributed by atoms with van der Waals surface area (Å²) in [5, 5.41) is 3.46. The van der Waals surface area contributed by atoms with Gasteiger partial charge in [-0.3, -0.25) is 9.78 Å². The van der Waals surface area contributed by atoms with Gasteiger partial charge < -0.3 is 10.2 Å². The number of likely N-dealkylation sites (tertiary alicyclic amines) is 1. The third-order valence-corrected chi connectivity index (χ3v) is 4.20. The minimum Gasteiger partial charge on any atom is -0.366 e. The minimum atomic E-state index is 0.197. The van der Waals surface area contributed by atoms with Crippen LogP contribution in [-0.4, -0.2) is 39.9 Å². The van der Waals surface area contributed by atoms with Crippen LogP contribution in [0.4, 0.5) is 5.82 Å². The van der Waals surface area contributed by atoms with Crippen molar-refractivity contribution in [2.45, 2.75) is 25.8 Å². The number of hydrogen-bond donors (Lipinski definition) is 1. The number of rotatable bonds is 2. The third-order valence-electron chi connectivity index (χ3n) is 4.20. The Morgan fingerprint density at radius 2 is 2.28 bits per heavy atom. The molecule has 96 valence electrons. The number of carbonyl (C=O) groups is 1. The molecule has 2 fully saturated rings. The van der Waals surface area contributed by atoms with Gasteiger partial charge in [0.2, 0.25) is 5.91 Å². The van der Waals surface area contributed by atoms with Crippen molar-refractivity contribution in [2.75, 3.05) is 18.4 Å². The zero-order chi connectivity index (χ0) is 12.5. The van der Waals surface area contributed by atoms with Crippen molar-refractivity contribution in [2.24, 2.45) is 11.8 Å². The van der Waals surface area contributed by atoms with Crippen LogP contribution in [0.1, 0.15) is 19.8 Å². The fraction of sp³-hybridized carbons (Fsp3) is 0.615. The van der Waals surface area contributed by atoms with E-state index in [2.05, 4.69) is 15.3 Å². The van der Waals surface area contributed by atoms with Gasteiger partial charge in [0.05, 0.1) is 6.20 Å². The number of nitrogens with zero attached hydrogens (tertiary/aromatic N) is 3. The van der Waals surface area contributed by atoms with Gasteiger partial charge in [-0.2, -0.15) is 0 Å². The highest BCUT2D eigenvalue weighted by Crippen LogP contribution is 2.39. The molecular formula is C13H18N4O. The SMILES string of the molecule is CC(=O)N1C[C@@H]2CC[C@@H](Nc3cnccn3)[C@@H]2C1. The Bertz CT molecular complexity index is 436. The molecule has 1 aliphatic carbocycles. The Kier molecular flexibility index (Phi) is 2.89. The average molecular weight is 246 g/mol. The van der Waals surface area contributed by atoms with Crippen LogP contribution < -0.4 is 5.32 Å². The average Bonchev–Trinajstić information content (AvgIpc) is 2.93. The van der Waals surface area contributed by atoms with Crippen molar-refractivity contribution in [1.82, 2.24) is 14.9 Å². The Labute approximate surface area is 107 Å². The van der Waals surface area contributed by atoms with Gasteiger partial charge in [-0.15, -0.1) is 0 Å². The van der Waals surface area contributed by atoms with Crippen molar-refractivity contribution in [3.05, 3.63) is 18.6 Å². The van der Waals surface area contributed by atoms with Crippen LogP contribution in [0, 0.1) is 11.8 Å². The van der Waals surface area contributed by atoms with Gasteiger partial charge in [-0.05, 0) is 18.8 Å². The summed E-state index contributed by atoms with van der Waals surface area (Å²) in [4.78, 5) is 21.7. The predicted octanol–water partition coefficient (Wildman–Crippen LogP) is 1.15. The van der Waals surface area contributed by atoms with Gasteiger partial charge in [0.25, 0.3) is 0 Å². The quantitative estimate of drug-likeness (QED) is 0.850. The van der Waals surface area contributed by atoms with Gasteiger partial charge in [0.1, 0.15) is 5.82 Å². The summed E-state index contributed by atoms with van der Waals surface area (Å²) in [5.74, 6) is 2.26. The van der Waals surface area contributed by atoms with E-state index in [0.29, 0.717) is 17.9 Å². The van der Waals surface area contributed by atoms with E-state index in [0.717, 1.165) is 25.3 Å². The second-order valence-electron chi connectivity index (χ2n) is 5.27. The molecule has 1 saturated heterocycles. The summed E-state index contributed by atoms with van der Waals surface area (Å²) in [7, 11) is 0. The van der Waals surface area contributed by atoms with E-state index in [-0.39, 0.29) is 5.91 Å². The maximum absolute atomic E-state index is 11.4. The van der Waals surface area contributed by atoms with Crippen LogP contribution in [0.15, 0.2) is 18.6 Å². The van der Waals surface area contributed by atoms with Gasteiger partial charge >= 0.3 is 0 Å². The van der Waals surface area contributed by atoms with Gasteiger partial charge in [-0.1, -0.05) is 0 Å². The van der Waals surface area contributed by atoms with E-state index < -0.39 is 0 Å². The number of fused-ring (bicyclic) bond motifs is 1. The van der Waals surface area contributed by atoms with Crippen LogP contribution in [0.5, 0.6) is 0 Å². The Morgan fingerprint density at radius 3 is 3.00 bits per heavy atom. The maximum Gasteiger partial charge on any atom is 0.219 e. The maximum atomic E-state index is 11.4. The topological polar surface area (TPSA) is 58.1 Å². The summed E-state index contributed by atoms with van der Waals surface area (Å²) in [5.41, 5.74) is 0. The van der Waals surface area contributed by atoms with Crippen LogP contribution in [0.2, 0.25) is 0 Å². The number of nitrogens with one attached hydrogen (secondary N) is 1. The molecule has 18 heavy (non-hydrogen) atoms. The number of carbonyl (C=O) groups excluding carboxylic acids is 1. The molecule has 5 nitrogen and oxygen atoms in total. The standard InChI is InChI=1S/C13H18N4O/c1-9(18)17-7-10-2-3-12(11(10)8-17)16-13-6-14-4-5-15-13/h4-6,10-12H,2-3,7-8H2,1H3,(H,15,16)/t10-,11+,12+/m0/s1. The molecule has 2 heterocycles. The van der Waals surface area contributed by atoms with E-state index >= 15 is 0 Å². The summed E-state index contributed by atoms with van der Waals surface area (Å²) in [6.07, 6.45) is 7.50. The summed E-state index contributed by atoms with van der Waals surface area (Å²) in [6, 6.07) is 0.427. The largest absolute Gasteiger partial charge is 0.366 e. The highest BCUT2D eigenvalue weighted by Gasteiger charge is 2.43. The van der Waals surface area contributed by atoms with Crippen LogP contribution >= 0.6 is 0 Å². The van der Waals surface area contributed by atoms with Gasteiger partial charge in [0, 0.05) is 44.4 Å². The lowest BCUT2D eigenvalue weighted by molar-refractivity contribution is -0.128. The van der Waals surface area contributed by atoms with E-state index in [1.807, 2.05) is 4.90 Å². The Hall–Kier alpha value is -1.65. The Morgan fingerprint density at radius 1 is 1.39 bits per heavy atom. The third kappa shape index (κ3) is 2.05. The van der Waals surface area contributed by atoms with Crippen LogP contribution in [0.3, 0.4) is 0 Å². The lowest BCUT2D eigenvalue weighted by atomic mass is 9.98. The lowest BCUT2D eigenvalue weighted by Crippen LogP contribution is -2.32. The first-order chi connectivity index (χ1) is 8.74. The van der Waals surface area contributed by atoms with Crippen molar-refractivity contribution in [1.29, 1.82) is 0 Å². The van der Waals surface area contributed by atoms with E-state index in [1.54, 1.807) is 25.5 Å². The monoisotopic (exact) mass is 246 g/mol. The molecule has 0 radical (unpaired) electrons. The van der Waals surface area contributed by atoms with Crippen molar-refractivity contribution in [3.63, 3.8) is 0 Å². The molecule has 0 bridgehead atoms. The molecule has 5 heteroatoms. The number of hydrogen-bond acceptors (Lipinski definition) is 4. The summed E-state index contributed by atoms with van der Waals surface area (Å²) in [6.45, 7) is 3.47. The molecule has 1 aromatic rings. The molecule has 0 aromatic carbocycles. The normalized spacial score (nSPS) is 30.3. The number of aromatic nitrogens is 2. The predicted molar refractivity (Wildman–Crippen MR) is 67.9 cm³/mol. The first kappa shape index (κ1) is 11.4. The zero-order valence-electron chi connectivity index (χ0n) is 10.5. The fourth-order valence-corrected chi connectivity index (χ4v) is 3.27. The molecule has 3 rings (SSSR count). The fourth-order valence-electron chi connectivity index (χ4n) is 3.27. The van der Waals surface area contributed by atoms with Gasteiger partial charge in [0.15, 0.2) is 0 Å². The summed E-state index contributed by atoms with van der Waals surface area (Å²) >= 11 is 0. The smallest absolute Gasteiger partial charge is 0.219 e. The number of anilines is 1. The van der Waals surface area contributed by atoms with Crippen molar-refractivity contribution < 1.29 is 4.79 Å². The second kappa shape index (κ2) is 4.55. The highest BCUT2D eigenvalue weighted by molar-refractivity contribution is 5.73. The van der Waals surface area contributed by atoms with Crippen LogP contribution in [-0.2, 0) is 4.79 Å². The highest BCUT2D eigenvalue weighted by atomic mass is 16.2. The Balaban J connectivity index is 1.67. The second-order valence-corrected chi connectivity index (χ2v) is 5.27. The molecule has 1 aromatic heterocycles. The van der Waals surface area contributed by atoms with Crippen molar-refractivity contribution >= 4 is 11.7 Å². The van der Waals surface area contributed by atoms with Crippen molar-refractivity contribution in [3.8, 4) is 0 Å². The first-order valence-electron chi connectivity index (χ1n) is 6.52. The van der Waals surface area contributed by atoms with Crippen LogP contribution in [0.25, 0.3) is 0 Å². The van der Waals surface area contributed by atoms with E-state index in [4.69, 9.17) is 0 Å². The van der Waals surface area contributed by atoms with Gasteiger partial charge in [-0.25, -0.2) is 4.98 Å². The molecular weight excluding hydrogens is 228 g/mol. The van der Waals surface area contributed by atoms with E-state index in [9.17, 15) is 4.79 Å². The molecule has 2 aliphatic rings.